The number of hydrogen-bond acceptors (Lipinski definition) is 2. The maximum Gasteiger partial charge on any atom is 0.124 e. The number of aromatic amines is 1. The zero-order valence-electron chi connectivity index (χ0n) is 14.2. The monoisotopic (exact) mass is 374 g/mol. The van der Waals surface area contributed by atoms with E-state index in [1.165, 1.54) is 16.6 Å². The van der Waals surface area contributed by atoms with E-state index in [0.717, 1.165) is 45.4 Å². The first-order valence-corrected chi connectivity index (χ1v) is 9.30. The standard InChI is InChI=1S/C20H20Cl2N2O/c1-3-25-18-8-11(2)16(22)10-15(18)19-20-13(6-7-23-19)14-9-12(21)4-5-17(14)24-20/h4-5,8-10,19,23-24H,3,6-7H2,1-2H3. The highest BCUT2D eigenvalue weighted by molar-refractivity contribution is 6.31. The normalized spacial score (nSPS) is 16.9. The molecular formula is C20H20Cl2N2O. The lowest BCUT2D eigenvalue weighted by molar-refractivity contribution is 0.332. The molecule has 0 bridgehead atoms. The third kappa shape index (κ3) is 2.91. The molecule has 1 unspecified atom stereocenters. The zero-order valence-corrected chi connectivity index (χ0v) is 15.8. The maximum absolute atomic E-state index is 6.42. The van der Waals surface area contributed by atoms with Gasteiger partial charge in [-0.1, -0.05) is 23.2 Å². The van der Waals surface area contributed by atoms with Gasteiger partial charge in [-0.25, -0.2) is 0 Å². The summed E-state index contributed by atoms with van der Waals surface area (Å²) in [4.78, 5) is 3.58. The molecule has 0 spiro atoms. The molecule has 0 saturated carbocycles. The molecule has 0 amide bonds. The summed E-state index contributed by atoms with van der Waals surface area (Å²) >= 11 is 12.6. The summed E-state index contributed by atoms with van der Waals surface area (Å²) in [6.07, 6.45) is 0.968. The molecule has 2 aromatic carbocycles. The van der Waals surface area contributed by atoms with Crippen LogP contribution in [0.3, 0.4) is 0 Å². The topological polar surface area (TPSA) is 37.0 Å². The molecule has 2 heterocycles. The van der Waals surface area contributed by atoms with Gasteiger partial charge in [-0.2, -0.15) is 0 Å². The van der Waals surface area contributed by atoms with Crippen molar-refractivity contribution in [3.05, 3.63) is 62.8 Å². The van der Waals surface area contributed by atoms with Crippen LogP contribution in [0.5, 0.6) is 5.75 Å². The van der Waals surface area contributed by atoms with Gasteiger partial charge in [-0.3, -0.25) is 0 Å². The summed E-state index contributed by atoms with van der Waals surface area (Å²) in [6, 6.07) is 10.1. The van der Waals surface area contributed by atoms with Crippen molar-refractivity contribution in [1.29, 1.82) is 0 Å². The van der Waals surface area contributed by atoms with Crippen molar-refractivity contribution < 1.29 is 4.74 Å². The van der Waals surface area contributed by atoms with Gasteiger partial charge >= 0.3 is 0 Å². The summed E-state index contributed by atoms with van der Waals surface area (Å²) in [5, 5.41) is 6.33. The SMILES string of the molecule is CCOc1cc(C)c(Cl)cc1C1NCCc2c1[nH]c1ccc(Cl)cc21. The molecule has 130 valence electrons. The summed E-state index contributed by atoms with van der Waals surface area (Å²) in [5.74, 6) is 0.881. The van der Waals surface area contributed by atoms with Gasteiger partial charge in [0.05, 0.1) is 12.6 Å². The van der Waals surface area contributed by atoms with Gasteiger partial charge in [-0.15, -0.1) is 0 Å². The smallest absolute Gasteiger partial charge is 0.124 e. The summed E-state index contributed by atoms with van der Waals surface area (Å²) < 4.78 is 5.90. The van der Waals surface area contributed by atoms with E-state index in [2.05, 4.69) is 10.3 Å². The number of halogens is 2. The van der Waals surface area contributed by atoms with Crippen LogP contribution in [0.2, 0.25) is 10.0 Å². The summed E-state index contributed by atoms with van der Waals surface area (Å²) in [7, 11) is 0. The van der Waals surface area contributed by atoms with E-state index in [-0.39, 0.29) is 6.04 Å². The second-order valence-corrected chi connectivity index (χ2v) is 7.26. The van der Waals surface area contributed by atoms with Gasteiger partial charge in [0.15, 0.2) is 0 Å². The van der Waals surface area contributed by atoms with Crippen molar-refractivity contribution in [2.45, 2.75) is 26.3 Å². The van der Waals surface area contributed by atoms with Gasteiger partial charge in [0.25, 0.3) is 0 Å². The largest absolute Gasteiger partial charge is 0.494 e. The molecule has 2 N–H and O–H groups in total. The lowest BCUT2D eigenvalue weighted by atomic mass is 9.93. The molecule has 1 atom stereocenters. The highest BCUT2D eigenvalue weighted by Gasteiger charge is 2.28. The fourth-order valence-corrected chi connectivity index (χ4v) is 3.99. The van der Waals surface area contributed by atoms with Crippen LogP contribution in [-0.2, 0) is 6.42 Å². The van der Waals surface area contributed by atoms with E-state index >= 15 is 0 Å². The highest BCUT2D eigenvalue weighted by Crippen LogP contribution is 2.39. The van der Waals surface area contributed by atoms with E-state index in [0.29, 0.717) is 6.61 Å². The number of benzene rings is 2. The van der Waals surface area contributed by atoms with E-state index in [4.69, 9.17) is 27.9 Å². The number of nitrogens with one attached hydrogen (secondary N) is 2. The minimum atomic E-state index is 0.0228. The number of fused-ring (bicyclic) bond motifs is 3. The molecule has 1 aliphatic rings. The van der Waals surface area contributed by atoms with E-state index in [1.807, 2.05) is 44.2 Å². The fraction of sp³-hybridized carbons (Fsp3) is 0.300. The van der Waals surface area contributed by atoms with Gasteiger partial charge in [0, 0.05) is 38.8 Å². The molecule has 4 rings (SSSR count). The van der Waals surface area contributed by atoms with Crippen molar-refractivity contribution in [3.63, 3.8) is 0 Å². The molecule has 25 heavy (non-hydrogen) atoms. The molecule has 0 fully saturated rings. The van der Waals surface area contributed by atoms with Crippen LogP contribution in [0.4, 0.5) is 0 Å². The Morgan fingerprint density at radius 3 is 2.84 bits per heavy atom. The van der Waals surface area contributed by atoms with Crippen LogP contribution < -0.4 is 10.1 Å². The minimum Gasteiger partial charge on any atom is -0.494 e. The average Bonchev–Trinajstić information content (AvgIpc) is 2.96. The van der Waals surface area contributed by atoms with Crippen LogP contribution in [0.25, 0.3) is 10.9 Å². The molecular weight excluding hydrogens is 355 g/mol. The molecule has 5 heteroatoms. The Labute approximate surface area is 157 Å². The Morgan fingerprint density at radius 1 is 1.20 bits per heavy atom. The zero-order chi connectivity index (χ0) is 17.6. The number of hydrogen-bond donors (Lipinski definition) is 2. The second kappa shape index (κ2) is 6.56. The minimum absolute atomic E-state index is 0.0228. The van der Waals surface area contributed by atoms with Gasteiger partial charge in [0.2, 0.25) is 0 Å². The van der Waals surface area contributed by atoms with Crippen LogP contribution in [0, 0.1) is 6.92 Å². The van der Waals surface area contributed by atoms with Crippen molar-refractivity contribution in [3.8, 4) is 5.75 Å². The Hall–Kier alpha value is -1.68. The molecule has 1 aromatic heterocycles. The molecule has 0 aliphatic carbocycles. The van der Waals surface area contributed by atoms with Crippen molar-refractivity contribution >= 4 is 34.1 Å². The summed E-state index contributed by atoms with van der Waals surface area (Å²) in [6.45, 7) is 5.52. The molecule has 0 radical (unpaired) electrons. The molecule has 3 nitrogen and oxygen atoms in total. The van der Waals surface area contributed by atoms with E-state index in [9.17, 15) is 0 Å². The third-order valence-corrected chi connectivity index (χ3v) is 5.46. The number of ether oxygens (including phenoxy) is 1. The average molecular weight is 375 g/mol. The highest BCUT2D eigenvalue weighted by atomic mass is 35.5. The Morgan fingerprint density at radius 2 is 2.04 bits per heavy atom. The molecule has 1 aliphatic heterocycles. The predicted molar refractivity (Wildman–Crippen MR) is 104 cm³/mol. The van der Waals surface area contributed by atoms with Gasteiger partial charge in [0.1, 0.15) is 5.75 Å². The number of aryl methyl sites for hydroxylation is 1. The number of aromatic nitrogens is 1. The number of H-pyrrole nitrogens is 1. The first-order chi connectivity index (χ1) is 12.1. The van der Waals surface area contributed by atoms with E-state index < -0.39 is 0 Å². The fourth-order valence-electron chi connectivity index (χ4n) is 3.64. The van der Waals surface area contributed by atoms with Crippen molar-refractivity contribution in [1.82, 2.24) is 10.3 Å². The Balaban J connectivity index is 1.89. The van der Waals surface area contributed by atoms with Crippen molar-refractivity contribution in [2.75, 3.05) is 13.2 Å². The van der Waals surface area contributed by atoms with Crippen LogP contribution >= 0.6 is 23.2 Å². The van der Waals surface area contributed by atoms with Crippen LogP contribution in [0.1, 0.15) is 35.3 Å². The first-order valence-electron chi connectivity index (χ1n) is 8.54. The quantitative estimate of drug-likeness (QED) is 0.642. The number of rotatable bonds is 3. The Bertz CT molecular complexity index is 949. The maximum atomic E-state index is 6.42. The second-order valence-electron chi connectivity index (χ2n) is 6.42. The third-order valence-electron chi connectivity index (χ3n) is 4.82. The first kappa shape index (κ1) is 16.8. The lowest BCUT2D eigenvalue weighted by Crippen LogP contribution is -2.30. The van der Waals surface area contributed by atoms with Crippen molar-refractivity contribution in [2.24, 2.45) is 0 Å². The molecule has 0 saturated heterocycles. The van der Waals surface area contributed by atoms with Gasteiger partial charge < -0.3 is 15.0 Å². The lowest BCUT2D eigenvalue weighted by Gasteiger charge is -2.27. The predicted octanol–water partition coefficient (Wildman–Crippen LogP) is 5.42. The van der Waals surface area contributed by atoms with Gasteiger partial charge in [-0.05, 0) is 61.7 Å². The summed E-state index contributed by atoms with van der Waals surface area (Å²) in [5.41, 5.74) is 5.69. The van der Waals surface area contributed by atoms with Crippen LogP contribution in [-0.4, -0.2) is 18.1 Å². The molecule has 3 aromatic rings. The van der Waals surface area contributed by atoms with E-state index in [1.54, 1.807) is 0 Å². The van der Waals surface area contributed by atoms with Crippen LogP contribution in [0.15, 0.2) is 30.3 Å². The Kier molecular flexibility index (Phi) is 4.40.